The van der Waals surface area contributed by atoms with Gasteiger partial charge in [0.25, 0.3) is 0 Å². The third-order valence-electron chi connectivity index (χ3n) is 6.33. The standard InChI is InChI=1S/C26H21BrClF2NO2/c1-32-23-10-15(9-20(27)26(23)33-13-14-5-2-3-8-21(14)28)24-18-7-4-6-17(18)19-11-16(29)12-22(30)25(19)31-24/h2-6,8-12,17-18,24,31H,7,13H2,1H3/t17-,18-,24-/m0/s1. The van der Waals surface area contributed by atoms with E-state index in [1.807, 2.05) is 42.5 Å². The number of halogens is 4. The third kappa shape index (κ3) is 4.11. The van der Waals surface area contributed by atoms with Gasteiger partial charge in [0, 0.05) is 22.6 Å². The van der Waals surface area contributed by atoms with Gasteiger partial charge >= 0.3 is 0 Å². The summed E-state index contributed by atoms with van der Waals surface area (Å²) < 4.78 is 41.0. The van der Waals surface area contributed by atoms with E-state index in [1.165, 1.54) is 6.07 Å². The summed E-state index contributed by atoms with van der Waals surface area (Å²) >= 11 is 9.88. The summed E-state index contributed by atoms with van der Waals surface area (Å²) in [5.41, 5.74) is 2.80. The molecule has 170 valence electrons. The number of fused-ring (bicyclic) bond motifs is 3. The van der Waals surface area contributed by atoms with Crippen molar-refractivity contribution < 1.29 is 18.3 Å². The van der Waals surface area contributed by atoms with Crippen LogP contribution in [0.5, 0.6) is 11.5 Å². The molecule has 7 heteroatoms. The molecular weight excluding hydrogens is 512 g/mol. The second-order valence-corrected chi connectivity index (χ2v) is 9.50. The molecule has 33 heavy (non-hydrogen) atoms. The lowest BCUT2D eigenvalue weighted by molar-refractivity contribution is 0.282. The van der Waals surface area contributed by atoms with Crippen LogP contribution in [0.2, 0.25) is 5.02 Å². The third-order valence-corrected chi connectivity index (χ3v) is 7.28. The molecule has 1 heterocycles. The van der Waals surface area contributed by atoms with Gasteiger partial charge in [0.15, 0.2) is 11.5 Å². The molecule has 0 spiro atoms. The summed E-state index contributed by atoms with van der Waals surface area (Å²) in [5.74, 6) is 0.0462. The van der Waals surface area contributed by atoms with Gasteiger partial charge in [-0.2, -0.15) is 0 Å². The lowest BCUT2D eigenvalue weighted by Crippen LogP contribution is -2.30. The molecule has 0 bridgehead atoms. The van der Waals surface area contributed by atoms with E-state index in [1.54, 1.807) is 7.11 Å². The normalized spacial score (nSPS) is 20.7. The molecule has 3 atom stereocenters. The highest BCUT2D eigenvalue weighted by atomic mass is 79.9. The van der Waals surface area contributed by atoms with Crippen LogP contribution in [0.1, 0.15) is 35.1 Å². The highest BCUT2D eigenvalue weighted by Crippen LogP contribution is 2.52. The second-order valence-electron chi connectivity index (χ2n) is 8.24. The summed E-state index contributed by atoms with van der Waals surface area (Å²) in [6.07, 6.45) is 4.93. The van der Waals surface area contributed by atoms with Crippen LogP contribution in [0.25, 0.3) is 0 Å². The fourth-order valence-electron chi connectivity index (χ4n) is 4.78. The van der Waals surface area contributed by atoms with Gasteiger partial charge in [-0.05, 0) is 63.7 Å². The minimum atomic E-state index is -0.584. The molecule has 1 N–H and O–H groups in total. The molecule has 1 aliphatic heterocycles. The monoisotopic (exact) mass is 531 g/mol. The first-order valence-electron chi connectivity index (χ1n) is 10.6. The molecule has 5 rings (SSSR count). The molecule has 3 nitrogen and oxygen atoms in total. The Kier molecular flexibility index (Phi) is 6.06. The fourth-order valence-corrected chi connectivity index (χ4v) is 5.54. The molecule has 0 unspecified atom stereocenters. The molecule has 3 aromatic carbocycles. The average Bonchev–Trinajstić information content (AvgIpc) is 3.29. The van der Waals surface area contributed by atoms with E-state index in [9.17, 15) is 8.78 Å². The molecule has 2 aliphatic rings. The molecule has 0 radical (unpaired) electrons. The van der Waals surface area contributed by atoms with Crippen molar-refractivity contribution in [2.24, 2.45) is 5.92 Å². The number of anilines is 1. The molecule has 0 fully saturated rings. The quantitative estimate of drug-likeness (QED) is 0.340. The van der Waals surface area contributed by atoms with E-state index in [-0.39, 0.29) is 24.5 Å². The first-order valence-corrected chi connectivity index (χ1v) is 11.8. The van der Waals surface area contributed by atoms with Crippen LogP contribution in [0.3, 0.4) is 0 Å². The highest BCUT2D eigenvalue weighted by Gasteiger charge is 2.39. The molecule has 0 aromatic heterocycles. The number of benzene rings is 3. The van der Waals surface area contributed by atoms with Crippen LogP contribution >= 0.6 is 27.5 Å². The van der Waals surface area contributed by atoms with Crippen molar-refractivity contribution in [3.8, 4) is 11.5 Å². The topological polar surface area (TPSA) is 30.5 Å². The fraction of sp³-hybridized carbons (Fsp3) is 0.231. The van der Waals surface area contributed by atoms with Gasteiger partial charge in [-0.15, -0.1) is 0 Å². The Hall–Kier alpha value is -2.57. The first kappa shape index (κ1) is 22.2. The van der Waals surface area contributed by atoms with E-state index in [0.717, 1.165) is 28.1 Å². The van der Waals surface area contributed by atoms with E-state index < -0.39 is 11.6 Å². The Balaban J connectivity index is 1.48. The smallest absolute Gasteiger partial charge is 0.175 e. The van der Waals surface area contributed by atoms with Gasteiger partial charge < -0.3 is 14.8 Å². The Morgan fingerprint density at radius 1 is 1.15 bits per heavy atom. The Morgan fingerprint density at radius 2 is 1.97 bits per heavy atom. The highest BCUT2D eigenvalue weighted by molar-refractivity contribution is 9.10. The Morgan fingerprint density at radius 3 is 2.76 bits per heavy atom. The van der Waals surface area contributed by atoms with Gasteiger partial charge in [0.2, 0.25) is 0 Å². The zero-order valence-corrected chi connectivity index (χ0v) is 20.1. The van der Waals surface area contributed by atoms with Crippen LogP contribution in [0, 0.1) is 17.6 Å². The van der Waals surface area contributed by atoms with Gasteiger partial charge in [0.05, 0.1) is 23.3 Å². The molecule has 3 aromatic rings. The summed E-state index contributed by atoms with van der Waals surface area (Å²) in [5, 5.41) is 3.96. The summed E-state index contributed by atoms with van der Waals surface area (Å²) in [6.45, 7) is 0.286. The minimum absolute atomic E-state index is 0.0580. The van der Waals surface area contributed by atoms with Gasteiger partial charge in [0.1, 0.15) is 18.2 Å². The molecular formula is C26H21BrClF2NO2. The number of ether oxygens (including phenoxy) is 2. The Labute approximate surface area is 204 Å². The van der Waals surface area contributed by atoms with Gasteiger partial charge in [-0.25, -0.2) is 8.78 Å². The molecule has 1 aliphatic carbocycles. The predicted octanol–water partition coefficient (Wildman–Crippen LogP) is 7.79. The maximum atomic E-state index is 14.7. The maximum Gasteiger partial charge on any atom is 0.175 e. The van der Waals surface area contributed by atoms with Crippen LogP contribution in [0.4, 0.5) is 14.5 Å². The van der Waals surface area contributed by atoms with Crippen molar-refractivity contribution in [2.75, 3.05) is 12.4 Å². The first-order chi connectivity index (χ1) is 16.0. The SMILES string of the molecule is COc1cc([C@@H]2Nc3c(F)cc(F)cc3[C@H]3C=CC[C@@H]32)cc(Br)c1OCc1ccccc1Cl. The van der Waals surface area contributed by atoms with Crippen molar-refractivity contribution in [1.29, 1.82) is 0 Å². The summed E-state index contributed by atoms with van der Waals surface area (Å²) in [6, 6.07) is 13.5. The van der Waals surface area contributed by atoms with E-state index in [0.29, 0.717) is 27.8 Å². The lowest BCUT2D eigenvalue weighted by Gasteiger charge is -2.38. The Bertz CT molecular complexity index is 1250. The maximum absolute atomic E-state index is 14.7. The number of hydrogen-bond donors (Lipinski definition) is 1. The van der Waals surface area contributed by atoms with Crippen molar-refractivity contribution in [2.45, 2.75) is 25.0 Å². The average molecular weight is 533 g/mol. The van der Waals surface area contributed by atoms with E-state index in [4.69, 9.17) is 21.1 Å². The van der Waals surface area contributed by atoms with Crippen molar-refractivity contribution in [1.82, 2.24) is 0 Å². The van der Waals surface area contributed by atoms with Gasteiger partial charge in [-0.3, -0.25) is 0 Å². The van der Waals surface area contributed by atoms with Crippen LogP contribution in [-0.2, 0) is 6.61 Å². The zero-order valence-electron chi connectivity index (χ0n) is 17.7. The number of methoxy groups -OCH3 is 1. The van der Waals surface area contributed by atoms with Crippen LogP contribution in [-0.4, -0.2) is 7.11 Å². The number of allylic oxidation sites excluding steroid dienone is 2. The number of nitrogens with one attached hydrogen (secondary N) is 1. The molecule has 0 saturated heterocycles. The second kappa shape index (κ2) is 8.99. The number of rotatable bonds is 5. The summed E-state index contributed by atoms with van der Waals surface area (Å²) in [7, 11) is 1.58. The lowest BCUT2D eigenvalue weighted by atomic mass is 9.77. The predicted molar refractivity (Wildman–Crippen MR) is 129 cm³/mol. The number of hydrogen-bond acceptors (Lipinski definition) is 3. The largest absolute Gasteiger partial charge is 0.493 e. The van der Waals surface area contributed by atoms with Crippen molar-refractivity contribution in [3.63, 3.8) is 0 Å². The van der Waals surface area contributed by atoms with E-state index >= 15 is 0 Å². The molecule has 0 amide bonds. The van der Waals surface area contributed by atoms with Gasteiger partial charge in [-0.1, -0.05) is 42.0 Å². The van der Waals surface area contributed by atoms with E-state index in [2.05, 4.69) is 27.3 Å². The molecule has 0 saturated carbocycles. The van der Waals surface area contributed by atoms with Crippen molar-refractivity contribution in [3.05, 3.63) is 98.5 Å². The minimum Gasteiger partial charge on any atom is -0.493 e. The van der Waals surface area contributed by atoms with Crippen LogP contribution in [0.15, 0.2) is 65.2 Å². The zero-order chi connectivity index (χ0) is 23.1. The van der Waals surface area contributed by atoms with Crippen molar-refractivity contribution >= 4 is 33.2 Å². The van der Waals surface area contributed by atoms with Crippen LogP contribution < -0.4 is 14.8 Å². The summed E-state index contributed by atoms with van der Waals surface area (Å²) in [4.78, 5) is 0.